The number of methoxy groups -OCH3 is 1. The van der Waals surface area contributed by atoms with Crippen molar-refractivity contribution in [1.82, 2.24) is 9.13 Å². The molecule has 0 saturated heterocycles. The maximum absolute atomic E-state index is 14.7. The van der Waals surface area contributed by atoms with E-state index in [0.717, 1.165) is 33.8 Å². The van der Waals surface area contributed by atoms with E-state index in [9.17, 15) is 9.59 Å². The number of hydrogen-bond donors (Lipinski definition) is 0. The molecule has 0 N–H and O–H groups in total. The zero-order valence-corrected chi connectivity index (χ0v) is 30.5. The summed E-state index contributed by atoms with van der Waals surface area (Å²) >= 11 is 1.29. The van der Waals surface area contributed by atoms with Gasteiger partial charge in [0.25, 0.3) is 5.56 Å². The first-order valence-electron chi connectivity index (χ1n) is 17.2. The molecule has 0 bridgehead atoms. The first kappa shape index (κ1) is 34.5. The summed E-state index contributed by atoms with van der Waals surface area (Å²) in [7, 11) is 1.57. The van der Waals surface area contributed by atoms with Gasteiger partial charge in [-0.25, -0.2) is 9.79 Å². The molecule has 0 spiro atoms. The summed E-state index contributed by atoms with van der Waals surface area (Å²) in [5, 5.41) is 0. The first-order chi connectivity index (χ1) is 25.3. The molecule has 6 aromatic rings. The average molecular weight is 710 g/mol. The second kappa shape index (κ2) is 14.7. The van der Waals surface area contributed by atoms with E-state index in [-0.39, 0.29) is 18.3 Å². The first-order valence-corrected chi connectivity index (χ1v) is 18.1. The van der Waals surface area contributed by atoms with Gasteiger partial charge in [0.2, 0.25) is 0 Å². The maximum Gasteiger partial charge on any atom is 0.338 e. The Kier molecular flexibility index (Phi) is 9.78. The van der Waals surface area contributed by atoms with Gasteiger partial charge in [0.05, 0.1) is 53.1 Å². The van der Waals surface area contributed by atoms with Gasteiger partial charge in [0.15, 0.2) is 16.3 Å². The van der Waals surface area contributed by atoms with Crippen LogP contribution in [0.3, 0.4) is 0 Å². The van der Waals surface area contributed by atoms with Crippen LogP contribution in [0, 0.1) is 0 Å². The van der Waals surface area contributed by atoms with E-state index < -0.39 is 12.0 Å². The number of thiazole rings is 1. The van der Waals surface area contributed by atoms with Crippen LogP contribution in [-0.2, 0) is 9.53 Å². The van der Waals surface area contributed by atoms with Crippen molar-refractivity contribution in [1.29, 1.82) is 0 Å². The minimum Gasteiger partial charge on any atom is -0.493 e. The summed E-state index contributed by atoms with van der Waals surface area (Å²) in [5.74, 6) is 0.537. The van der Waals surface area contributed by atoms with Crippen molar-refractivity contribution in [2.24, 2.45) is 4.99 Å². The van der Waals surface area contributed by atoms with Gasteiger partial charge in [-0.15, -0.1) is 0 Å². The number of carbonyl (C=O) groups is 1. The fourth-order valence-electron chi connectivity index (χ4n) is 6.65. The number of nitrogens with zero attached hydrogens (tertiary/aromatic N) is 3. The molecule has 1 atom stereocenters. The van der Waals surface area contributed by atoms with Gasteiger partial charge in [-0.1, -0.05) is 96.3 Å². The molecule has 7 rings (SSSR count). The van der Waals surface area contributed by atoms with Crippen LogP contribution >= 0.6 is 11.3 Å². The Labute approximate surface area is 306 Å². The molecular formula is C43H39N3O5S. The molecular weight excluding hydrogens is 671 g/mol. The molecule has 3 heterocycles. The number of aromatic nitrogens is 2. The van der Waals surface area contributed by atoms with Crippen LogP contribution in [0.4, 0.5) is 0 Å². The molecule has 9 heteroatoms. The van der Waals surface area contributed by atoms with Crippen molar-refractivity contribution in [3.05, 3.63) is 157 Å². The topological polar surface area (TPSA) is 84.1 Å². The second-order valence-electron chi connectivity index (χ2n) is 12.6. The zero-order valence-electron chi connectivity index (χ0n) is 29.7. The summed E-state index contributed by atoms with van der Waals surface area (Å²) in [6.07, 6.45) is 1.87. The fourth-order valence-corrected chi connectivity index (χ4v) is 7.69. The number of allylic oxidation sites excluding steroid dienone is 1. The van der Waals surface area contributed by atoms with Crippen LogP contribution in [-0.4, -0.2) is 34.9 Å². The molecule has 0 amide bonds. The Hall–Kier alpha value is -5.93. The number of esters is 1. The Bertz CT molecular complexity index is 2460. The van der Waals surface area contributed by atoms with Crippen molar-refractivity contribution in [2.45, 2.75) is 39.8 Å². The van der Waals surface area contributed by atoms with Crippen LogP contribution in [0.1, 0.15) is 44.9 Å². The van der Waals surface area contributed by atoms with Gasteiger partial charge in [0, 0.05) is 11.3 Å². The normalized spacial score (nSPS) is 14.3. The van der Waals surface area contributed by atoms with Crippen molar-refractivity contribution in [2.75, 3.05) is 13.7 Å². The van der Waals surface area contributed by atoms with E-state index in [2.05, 4.69) is 47.0 Å². The van der Waals surface area contributed by atoms with Crippen LogP contribution < -0.4 is 24.4 Å². The molecule has 0 unspecified atom stereocenters. The molecule has 0 radical (unpaired) electrons. The lowest BCUT2D eigenvalue weighted by Crippen LogP contribution is -2.40. The molecule has 1 aliphatic heterocycles. The summed E-state index contributed by atoms with van der Waals surface area (Å²) in [6.45, 7) is 7.60. The number of rotatable bonds is 10. The molecule has 0 fully saturated rings. The third-order valence-electron chi connectivity index (χ3n) is 8.83. The number of carbonyl (C=O) groups excluding carboxylic acids is 1. The maximum atomic E-state index is 14.7. The van der Waals surface area contributed by atoms with Crippen molar-refractivity contribution < 1.29 is 19.0 Å². The lowest BCUT2D eigenvalue weighted by molar-refractivity contribution is -0.139. The summed E-state index contributed by atoms with van der Waals surface area (Å²) < 4.78 is 21.5. The molecule has 2 aromatic heterocycles. The predicted octanol–water partition coefficient (Wildman–Crippen LogP) is 7.72. The average Bonchev–Trinajstić information content (AvgIpc) is 3.69. The van der Waals surface area contributed by atoms with Gasteiger partial charge in [-0.05, 0) is 80.8 Å². The van der Waals surface area contributed by atoms with E-state index in [0.29, 0.717) is 37.7 Å². The number of para-hydroxylation sites is 1. The lowest BCUT2D eigenvalue weighted by atomic mass is 9.95. The van der Waals surface area contributed by atoms with E-state index in [4.69, 9.17) is 19.2 Å². The number of fused-ring (bicyclic) bond motifs is 1. The highest BCUT2D eigenvalue weighted by atomic mass is 32.1. The quantitative estimate of drug-likeness (QED) is 0.136. The van der Waals surface area contributed by atoms with Crippen molar-refractivity contribution in [3.8, 4) is 39.7 Å². The highest BCUT2D eigenvalue weighted by Gasteiger charge is 2.34. The van der Waals surface area contributed by atoms with Gasteiger partial charge < -0.3 is 18.8 Å². The summed E-state index contributed by atoms with van der Waals surface area (Å²) in [4.78, 5) is 33.6. The van der Waals surface area contributed by atoms with E-state index in [1.165, 1.54) is 11.3 Å². The molecule has 0 saturated carbocycles. The number of ether oxygens (including phenoxy) is 3. The van der Waals surface area contributed by atoms with Gasteiger partial charge in [-0.3, -0.25) is 9.36 Å². The third kappa shape index (κ3) is 6.51. The van der Waals surface area contributed by atoms with Crippen LogP contribution in [0.25, 0.3) is 34.3 Å². The van der Waals surface area contributed by atoms with E-state index in [1.807, 2.05) is 92.7 Å². The minimum atomic E-state index is -0.804. The predicted molar refractivity (Wildman–Crippen MR) is 206 cm³/mol. The Morgan fingerprint density at radius 2 is 1.54 bits per heavy atom. The number of hydrogen-bond acceptors (Lipinski definition) is 7. The van der Waals surface area contributed by atoms with Crippen LogP contribution in [0.2, 0.25) is 0 Å². The van der Waals surface area contributed by atoms with Crippen LogP contribution in [0.5, 0.6) is 11.5 Å². The van der Waals surface area contributed by atoms with Gasteiger partial charge in [-0.2, -0.15) is 0 Å². The molecule has 262 valence electrons. The number of benzene rings is 4. The second-order valence-corrected chi connectivity index (χ2v) is 13.6. The summed E-state index contributed by atoms with van der Waals surface area (Å²) in [5.41, 5.74) is 7.03. The Morgan fingerprint density at radius 1 is 0.885 bits per heavy atom. The molecule has 0 aliphatic carbocycles. The van der Waals surface area contributed by atoms with Gasteiger partial charge >= 0.3 is 5.97 Å². The minimum absolute atomic E-state index is 0.0744. The van der Waals surface area contributed by atoms with Crippen molar-refractivity contribution in [3.63, 3.8) is 0 Å². The molecule has 8 nitrogen and oxygen atoms in total. The van der Waals surface area contributed by atoms with Crippen LogP contribution in [0.15, 0.2) is 136 Å². The Balaban J connectivity index is 1.49. The largest absolute Gasteiger partial charge is 0.493 e. The third-order valence-corrected chi connectivity index (χ3v) is 9.81. The fraction of sp³-hybridized carbons (Fsp3) is 0.186. The smallest absolute Gasteiger partial charge is 0.338 e. The Morgan fingerprint density at radius 3 is 2.17 bits per heavy atom. The zero-order chi connectivity index (χ0) is 36.4. The molecule has 1 aliphatic rings. The highest BCUT2D eigenvalue weighted by molar-refractivity contribution is 7.07. The van der Waals surface area contributed by atoms with E-state index in [1.54, 1.807) is 25.5 Å². The highest BCUT2D eigenvalue weighted by Crippen LogP contribution is 2.38. The molecule has 52 heavy (non-hydrogen) atoms. The SMILES string of the molecule is CCOC(=O)C1=C(C)N=c2s/c(=C/c3cc(-c4ccccc4)n(-c4ccccc4)c3-c3ccccc3)c(=O)n2[C@@H]1c1ccc(OC(C)C)c(OC)c1. The van der Waals surface area contributed by atoms with Crippen molar-refractivity contribution >= 4 is 23.4 Å². The van der Waals surface area contributed by atoms with Gasteiger partial charge in [0.1, 0.15) is 0 Å². The standard InChI is InChI=1S/C43H39N3O5S/c1-6-50-42(48)38-28(4)44-43-46(40(38)31-22-23-35(51-27(2)3)36(25-31)49-5)41(47)37(52-43)26-32-24-34(29-16-10-7-11-17-29)45(33-20-14-9-15-21-33)39(32)30-18-12-8-13-19-30/h7-27,40H,6H2,1-5H3/b37-26+/t40-/m1/s1. The van der Waals surface area contributed by atoms with E-state index >= 15 is 0 Å². The molecule has 4 aromatic carbocycles. The summed E-state index contributed by atoms with van der Waals surface area (Å²) in [6, 6.07) is 37.5. The lowest BCUT2D eigenvalue weighted by Gasteiger charge is -2.25. The monoisotopic (exact) mass is 709 g/mol.